The van der Waals surface area contributed by atoms with E-state index in [0.717, 1.165) is 23.5 Å². The molecule has 88 valence electrons. The van der Waals surface area contributed by atoms with Crippen LogP contribution in [0, 0.1) is 6.92 Å². The minimum Gasteiger partial charge on any atom is -0.457 e. The molecular formula is C14H16N2O. The highest BCUT2D eigenvalue weighted by Gasteiger charge is 2.00. The first-order valence-corrected chi connectivity index (χ1v) is 5.67. The predicted octanol–water partition coefficient (Wildman–Crippen LogP) is 2.68. The van der Waals surface area contributed by atoms with Crippen LogP contribution in [0.1, 0.15) is 11.1 Å². The average Bonchev–Trinajstić information content (AvgIpc) is 2.35. The summed E-state index contributed by atoms with van der Waals surface area (Å²) >= 11 is 0. The van der Waals surface area contributed by atoms with E-state index in [4.69, 9.17) is 10.5 Å². The van der Waals surface area contributed by atoms with Crippen molar-refractivity contribution in [3.63, 3.8) is 0 Å². The molecule has 3 nitrogen and oxygen atoms in total. The van der Waals surface area contributed by atoms with Crippen molar-refractivity contribution >= 4 is 0 Å². The van der Waals surface area contributed by atoms with Crippen molar-refractivity contribution in [3.8, 4) is 11.5 Å². The quantitative estimate of drug-likeness (QED) is 0.875. The predicted molar refractivity (Wildman–Crippen MR) is 68.2 cm³/mol. The minimum absolute atomic E-state index is 0.670. The second-order valence-electron chi connectivity index (χ2n) is 3.93. The van der Waals surface area contributed by atoms with Crippen molar-refractivity contribution in [2.24, 2.45) is 5.73 Å². The Morgan fingerprint density at radius 3 is 2.59 bits per heavy atom. The van der Waals surface area contributed by atoms with Gasteiger partial charge in [0.25, 0.3) is 0 Å². The lowest BCUT2D eigenvalue weighted by Crippen LogP contribution is -2.02. The molecule has 2 aromatic rings. The van der Waals surface area contributed by atoms with Crippen LogP contribution in [0.15, 0.2) is 42.7 Å². The molecule has 17 heavy (non-hydrogen) atoms. The molecule has 0 bridgehead atoms. The zero-order valence-electron chi connectivity index (χ0n) is 9.89. The number of hydrogen-bond donors (Lipinski definition) is 1. The fourth-order valence-electron chi connectivity index (χ4n) is 1.59. The van der Waals surface area contributed by atoms with Crippen molar-refractivity contribution < 1.29 is 4.74 Å². The first-order chi connectivity index (χ1) is 8.29. The Bertz CT molecular complexity index is 480. The van der Waals surface area contributed by atoms with E-state index in [0.29, 0.717) is 6.54 Å². The number of nitrogens with two attached hydrogens (primary N) is 1. The van der Waals surface area contributed by atoms with Gasteiger partial charge in [-0.2, -0.15) is 0 Å². The van der Waals surface area contributed by atoms with Crippen LogP contribution >= 0.6 is 0 Å². The van der Waals surface area contributed by atoms with Gasteiger partial charge in [-0.25, -0.2) is 0 Å². The molecule has 1 aromatic carbocycles. The van der Waals surface area contributed by atoms with Crippen molar-refractivity contribution in [2.75, 3.05) is 6.54 Å². The Morgan fingerprint density at radius 1 is 1.18 bits per heavy atom. The summed E-state index contributed by atoms with van der Waals surface area (Å²) < 4.78 is 5.77. The van der Waals surface area contributed by atoms with Gasteiger partial charge in [-0.05, 0) is 43.7 Å². The number of pyridine rings is 1. The van der Waals surface area contributed by atoms with E-state index in [1.54, 1.807) is 12.4 Å². The van der Waals surface area contributed by atoms with E-state index in [1.807, 2.05) is 37.3 Å². The maximum absolute atomic E-state index is 5.77. The van der Waals surface area contributed by atoms with E-state index in [-0.39, 0.29) is 0 Å². The molecule has 0 unspecified atom stereocenters. The zero-order valence-corrected chi connectivity index (χ0v) is 9.89. The summed E-state index contributed by atoms with van der Waals surface area (Å²) in [6, 6.07) is 9.87. The lowest BCUT2D eigenvalue weighted by atomic mass is 10.1. The summed E-state index contributed by atoms with van der Waals surface area (Å²) in [7, 11) is 0. The number of hydrogen-bond acceptors (Lipinski definition) is 3. The second kappa shape index (κ2) is 5.46. The van der Waals surface area contributed by atoms with Crippen molar-refractivity contribution in [2.45, 2.75) is 13.3 Å². The Kier molecular flexibility index (Phi) is 3.73. The van der Waals surface area contributed by atoms with Gasteiger partial charge in [0.15, 0.2) is 0 Å². The third kappa shape index (κ3) is 3.04. The van der Waals surface area contributed by atoms with Crippen molar-refractivity contribution in [1.29, 1.82) is 0 Å². The Balaban J connectivity index is 2.11. The molecule has 0 amide bonds. The number of rotatable bonds is 4. The van der Waals surface area contributed by atoms with Gasteiger partial charge < -0.3 is 10.5 Å². The van der Waals surface area contributed by atoms with Crippen LogP contribution in [0.2, 0.25) is 0 Å². The SMILES string of the molecule is Cc1cnccc1Oc1ccc(CCN)cc1. The summed E-state index contributed by atoms with van der Waals surface area (Å²) in [6.45, 7) is 2.65. The number of aromatic nitrogens is 1. The normalized spacial score (nSPS) is 10.2. The van der Waals surface area contributed by atoms with Gasteiger partial charge >= 0.3 is 0 Å². The summed E-state index contributed by atoms with van der Waals surface area (Å²) in [5.41, 5.74) is 7.76. The molecule has 0 spiro atoms. The van der Waals surface area contributed by atoms with Gasteiger partial charge in [0.1, 0.15) is 11.5 Å². The molecule has 2 rings (SSSR count). The minimum atomic E-state index is 0.670. The Morgan fingerprint density at radius 2 is 1.94 bits per heavy atom. The van der Waals surface area contributed by atoms with E-state index >= 15 is 0 Å². The molecule has 0 aliphatic rings. The summed E-state index contributed by atoms with van der Waals surface area (Å²) in [5.74, 6) is 1.67. The van der Waals surface area contributed by atoms with Crippen molar-refractivity contribution in [1.82, 2.24) is 4.98 Å². The standard InChI is InChI=1S/C14H16N2O/c1-11-10-16-9-7-14(11)17-13-4-2-12(3-5-13)6-8-15/h2-5,7,9-10H,6,8,15H2,1H3. The molecule has 0 fully saturated rings. The van der Waals surface area contributed by atoms with E-state index in [2.05, 4.69) is 4.98 Å². The number of nitrogens with zero attached hydrogens (tertiary/aromatic N) is 1. The molecule has 0 atom stereocenters. The summed E-state index contributed by atoms with van der Waals surface area (Å²) in [4.78, 5) is 4.03. The van der Waals surface area contributed by atoms with Crippen LogP contribution in [0.4, 0.5) is 0 Å². The largest absolute Gasteiger partial charge is 0.457 e. The van der Waals surface area contributed by atoms with Gasteiger partial charge in [-0.1, -0.05) is 12.1 Å². The molecular weight excluding hydrogens is 212 g/mol. The maximum atomic E-state index is 5.77. The van der Waals surface area contributed by atoms with E-state index in [9.17, 15) is 0 Å². The lowest BCUT2D eigenvalue weighted by molar-refractivity contribution is 0.478. The molecule has 3 heteroatoms. The monoisotopic (exact) mass is 228 g/mol. The highest BCUT2D eigenvalue weighted by atomic mass is 16.5. The van der Waals surface area contributed by atoms with Crippen molar-refractivity contribution in [3.05, 3.63) is 53.9 Å². The van der Waals surface area contributed by atoms with Gasteiger partial charge in [0.05, 0.1) is 0 Å². The van der Waals surface area contributed by atoms with E-state index < -0.39 is 0 Å². The molecule has 1 aromatic heterocycles. The number of ether oxygens (including phenoxy) is 1. The lowest BCUT2D eigenvalue weighted by Gasteiger charge is -2.08. The average molecular weight is 228 g/mol. The third-order valence-corrected chi connectivity index (χ3v) is 2.55. The van der Waals surface area contributed by atoms with Gasteiger partial charge in [-0.3, -0.25) is 4.98 Å². The van der Waals surface area contributed by atoms with Gasteiger partial charge in [0, 0.05) is 18.0 Å². The Labute approximate surface area is 101 Å². The van der Waals surface area contributed by atoms with Crippen LogP contribution in [0.5, 0.6) is 11.5 Å². The van der Waals surface area contributed by atoms with Crippen LogP contribution in [0.3, 0.4) is 0 Å². The van der Waals surface area contributed by atoms with Crippen LogP contribution in [-0.4, -0.2) is 11.5 Å². The van der Waals surface area contributed by atoms with Gasteiger partial charge in [-0.15, -0.1) is 0 Å². The van der Waals surface area contributed by atoms with Crippen LogP contribution < -0.4 is 10.5 Å². The van der Waals surface area contributed by atoms with Crippen LogP contribution in [0.25, 0.3) is 0 Å². The number of aryl methyl sites for hydroxylation is 1. The highest BCUT2D eigenvalue weighted by molar-refractivity contribution is 5.36. The fraction of sp³-hybridized carbons (Fsp3) is 0.214. The van der Waals surface area contributed by atoms with Gasteiger partial charge in [0.2, 0.25) is 0 Å². The zero-order chi connectivity index (χ0) is 12.1. The maximum Gasteiger partial charge on any atom is 0.133 e. The third-order valence-electron chi connectivity index (χ3n) is 2.55. The summed E-state index contributed by atoms with van der Waals surface area (Å²) in [5, 5.41) is 0. The summed E-state index contributed by atoms with van der Waals surface area (Å²) in [6.07, 6.45) is 4.41. The number of benzene rings is 1. The highest BCUT2D eigenvalue weighted by Crippen LogP contribution is 2.23. The van der Waals surface area contributed by atoms with Crippen LogP contribution in [-0.2, 0) is 6.42 Å². The molecule has 0 saturated heterocycles. The molecule has 0 saturated carbocycles. The molecule has 0 aliphatic carbocycles. The topological polar surface area (TPSA) is 48.1 Å². The Hall–Kier alpha value is -1.87. The molecule has 1 heterocycles. The molecule has 0 radical (unpaired) electrons. The first-order valence-electron chi connectivity index (χ1n) is 5.67. The molecule has 2 N–H and O–H groups in total. The second-order valence-corrected chi connectivity index (χ2v) is 3.93. The first kappa shape index (κ1) is 11.6. The molecule has 0 aliphatic heterocycles. The van der Waals surface area contributed by atoms with E-state index in [1.165, 1.54) is 5.56 Å². The smallest absolute Gasteiger partial charge is 0.133 e. The fourth-order valence-corrected chi connectivity index (χ4v) is 1.59.